The first-order valence-electron chi connectivity index (χ1n) is 6.57. The Morgan fingerprint density at radius 1 is 1.30 bits per heavy atom. The van der Waals surface area contributed by atoms with Gasteiger partial charge in [-0.05, 0) is 38.6 Å². The highest BCUT2D eigenvalue weighted by Crippen LogP contribution is 2.39. The minimum absolute atomic E-state index is 0.0936. The van der Waals surface area contributed by atoms with Crippen LogP contribution >= 0.6 is 11.6 Å². The Hall–Kier alpha value is -0.940. The molecule has 0 fully saturated rings. The summed E-state index contributed by atoms with van der Waals surface area (Å²) in [7, 11) is 1.82. The van der Waals surface area contributed by atoms with E-state index in [1.165, 1.54) is 12.1 Å². The molecule has 1 aromatic carbocycles. The number of rotatable bonds is 7. The number of hydrogen-bond donors (Lipinski definition) is 1. The molecule has 1 aromatic rings. The van der Waals surface area contributed by atoms with Crippen molar-refractivity contribution in [2.75, 3.05) is 13.6 Å². The van der Waals surface area contributed by atoms with Crippen LogP contribution in [0, 0.1) is 0 Å². The van der Waals surface area contributed by atoms with Gasteiger partial charge in [0.05, 0.1) is 16.7 Å². The van der Waals surface area contributed by atoms with Crippen LogP contribution in [0.15, 0.2) is 18.2 Å². The summed E-state index contributed by atoms with van der Waals surface area (Å²) < 4.78 is 44.0. The van der Waals surface area contributed by atoms with Gasteiger partial charge < -0.3 is 10.1 Å². The summed E-state index contributed by atoms with van der Waals surface area (Å²) in [5.41, 5.74) is -0.861. The van der Waals surface area contributed by atoms with Gasteiger partial charge in [0, 0.05) is 0 Å². The Balaban J connectivity index is 2.90. The highest BCUT2D eigenvalue weighted by atomic mass is 35.5. The van der Waals surface area contributed by atoms with Crippen LogP contribution in [-0.2, 0) is 6.18 Å². The molecule has 0 aliphatic carbocycles. The minimum atomic E-state index is -4.47. The van der Waals surface area contributed by atoms with Gasteiger partial charge in [-0.1, -0.05) is 31.0 Å². The van der Waals surface area contributed by atoms with Crippen molar-refractivity contribution in [2.45, 2.75) is 38.5 Å². The lowest BCUT2D eigenvalue weighted by molar-refractivity contribution is -0.137. The molecule has 1 unspecified atom stereocenters. The molecule has 0 aliphatic rings. The molecule has 0 saturated carbocycles. The molecule has 0 saturated heterocycles. The van der Waals surface area contributed by atoms with Crippen molar-refractivity contribution < 1.29 is 17.9 Å². The fraction of sp³-hybridized carbons (Fsp3) is 0.571. The molecule has 0 bridgehead atoms. The minimum Gasteiger partial charge on any atom is -0.489 e. The smallest absolute Gasteiger partial charge is 0.417 e. The van der Waals surface area contributed by atoms with Crippen LogP contribution in [0.2, 0.25) is 5.02 Å². The largest absolute Gasteiger partial charge is 0.489 e. The van der Waals surface area contributed by atoms with Crippen molar-refractivity contribution in [3.05, 3.63) is 28.8 Å². The molecule has 114 valence electrons. The normalized spacial score (nSPS) is 13.3. The van der Waals surface area contributed by atoms with E-state index in [1.54, 1.807) is 0 Å². The van der Waals surface area contributed by atoms with Gasteiger partial charge in [0.25, 0.3) is 0 Å². The van der Waals surface area contributed by atoms with Gasteiger partial charge in [0.15, 0.2) is 0 Å². The molecular weight excluding hydrogens is 291 g/mol. The fourth-order valence-electron chi connectivity index (χ4n) is 1.89. The van der Waals surface area contributed by atoms with Crippen LogP contribution in [-0.4, -0.2) is 19.7 Å². The third-order valence-electron chi connectivity index (χ3n) is 2.89. The highest BCUT2D eigenvalue weighted by molar-refractivity contribution is 6.32. The SMILES string of the molecule is CCCC(CCNC)Oc1cccc(C(F)(F)F)c1Cl. The van der Waals surface area contributed by atoms with Crippen LogP contribution in [0.25, 0.3) is 0 Å². The van der Waals surface area contributed by atoms with Crippen molar-refractivity contribution in [1.29, 1.82) is 0 Å². The summed E-state index contributed by atoms with van der Waals surface area (Å²) in [6, 6.07) is 3.74. The lowest BCUT2D eigenvalue weighted by Crippen LogP contribution is -2.22. The van der Waals surface area contributed by atoms with Gasteiger partial charge in [-0.3, -0.25) is 0 Å². The summed E-state index contributed by atoms with van der Waals surface area (Å²) in [4.78, 5) is 0. The first-order valence-corrected chi connectivity index (χ1v) is 6.94. The molecule has 0 amide bonds. The van der Waals surface area contributed by atoms with Gasteiger partial charge in [0.2, 0.25) is 0 Å². The average molecular weight is 310 g/mol. The lowest BCUT2D eigenvalue weighted by Gasteiger charge is -2.20. The van der Waals surface area contributed by atoms with Gasteiger partial charge in [0.1, 0.15) is 5.75 Å². The Morgan fingerprint density at radius 3 is 2.55 bits per heavy atom. The van der Waals surface area contributed by atoms with E-state index in [1.807, 2.05) is 14.0 Å². The summed E-state index contributed by atoms with van der Waals surface area (Å²) in [5.74, 6) is 0.0936. The Labute approximate surface area is 122 Å². The molecule has 0 aromatic heterocycles. The standard InChI is InChI=1S/C14H19ClF3NO/c1-3-5-10(8-9-19-2)20-12-7-4-6-11(13(12)15)14(16,17)18/h4,6-7,10,19H,3,5,8-9H2,1-2H3. The molecule has 0 aliphatic heterocycles. The van der Waals surface area contributed by atoms with Crippen molar-refractivity contribution in [3.63, 3.8) is 0 Å². The molecule has 20 heavy (non-hydrogen) atoms. The first-order chi connectivity index (χ1) is 9.40. The van der Waals surface area contributed by atoms with Crippen LogP contribution < -0.4 is 10.1 Å². The number of alkyl halides is 3. The second-order valence-electron chi connectivity index (χ2n) is 4.54. The topological polar surface area (TPSA) is 21.3 Å². The van der Waals surface area contributed by atoms with E-state index >= 15 is 0 Å². The maximum absolute atomic E-state index is 12.8. The fourth-order valence-corrected chi connectivity index (χ4v) is 2.17. The zero-order chi connectivity index (χ0) is 15.2. The van der Waals surface area contributed by atoms with Crippen molar-refractivity contribution in [3.8, 4) is 5.75 Å². The predicted octanol–water partition coefficient (Wildman–Crippen LogP) is 4.52. The third-order valence-corrected chi connectivity index (χ3v) is 3.28. The Kier molecular flexibility index (Phi) is 6.62. The zero-order valence-electron chi connectivity index (χ0n) is 11.6. The molecule has 0 spiro atoms. The molecule has 6 heteroatoms. The van der Waals surface area contributed by atoms with Gasteiger partial charge in [-0.25, -0.2) is 0 Å². The van der Waals surface area contributed by atoms with Gasteiger partial charge in [-0.2, -0.15) is 13.2 Å². The molecule has 0 radical (unpaired) electrons. The van der Waals surface area contributed by atoms with Crippen molar-refractivity contribution in [2.24, 2.45) is 0 Å². The molecule has 1 atom stereocenters. The predicted molar refractivity (Wildman–Crippen MR) is 74.3 cm³/mol. The van der Waals surface area contributed by atoms with E-state index in [9.17, 15) is 13.2 Å². The molecular formula is C14H19ClF3NO. The van der Waals surface area contributed by atoms with E-state index in [2.05, 4.69) is 5.32 Å². The van der Waals surface area contributed by atoms with Crippen LogP contribution in [0.3, 0.4) is 0 Å². The Bertz CT molecular complexity index is 423. The maximum Gasteiger partial charge on any atom is 0.417 e. The van der Waals surface area contributed by atoms with E-state index in [0.29, 0.717) is 0 Å². The molecule has 1 N–H and O–H groups in total. The summed E-state index contributed by atoms with van der Waals surface area (Å²) in [5, 5.41) is 2.63. The first kappa shape index (κ1) is 17.1. The zero-order valence-corrected chi connectivity index (χ0v) is 12.3. The number of ether oxygens (including phenoxy) is 1. The number of hydrogen-bond acceptors (Lipinski definition) is 2. The monoisotopic (exact) mass is 309 g/mol. The molecule has 1 rings (SSSR count). The van der Waals surface area contributed by atoms with Crippen molar-refractivity contribution in [1.82, 2.24) is 5.32 Å². The third kappa shape index (κ3) is 4.87. The quantitative estimate of drug-likeness (QED) is 0.800. The second kappa shape index (κ2) is 7.74. The number of benzene rings is 1. The Morgan fingerprint density at radius 2 is 2.00 bits per heavy atom. The summed E-state index contributed by atoms with van der Waals surface area (Å²) in [6.07, 6.45) is -2.23. The highest BCUT2D eigenvalue weighted by Gasteiger charge is 2.34. The van der Waals surface area contributed by atoms with Gasteiger partial charge >= 0.3 is 6.18 Å². The second-order valence-corrected chi connectivity index (χ2v) is 4.91. The van der Waals surface area contributed by atoms with Crippen LogP contribution in [0.4, 0.5) is 13.2 Å². The lowest BCUT2D eigenvalue weighted by atomic mass is 10.1. The van der Waals surface area contributed by atoms with E-state index in [4.69, 9.17) is 16.3 Å². The number of nitrogens with one attached hydrogen (secondary N) is 1. The number of halogens is 4. The summed E-state index contributed by atoms with van der Waals surface area (Å²) in [6.45, 7) is 2.74. The maximum atomic E-state index is 12.8. The molecule has 0 heterocycles. The molecule has 2 nitrogen and oxygen atoms in total. The van der Waals surface area contributed by atoms with E-state index in [-0.39, 0.29) is 16.9 Å². The average Bonchev–Trinajstić information content (AvgIpc) is 2.37. The summed E-state index contributed by atoms with van der Waals surface area (Å²) >= 11 is 5.81. The van der Waals surface area contributed by atoms with Gasteiger partial charge in [-0.15, -0.1) is 0 Å². The van der Waals surface area contributed by atoms with E-state index in [0.717, 1.165) is 31.9 Å². The van der Waals surface area contributed by atoms with Crippen LogP contribution in [0.1, 0.15) is 31.7 Å². The van der Waals surface area contributed by atoms with E-state index < -0.39 is 11.7 Å². The van der Waals surface area contributed by atoms with Crippen molar-refractivity contribution >= 4 is 11.6 Å². The van der Waals surface area contributed by atoms with Crippen LogP contribution in [0.5, 0.6) is 5.75 Å².